The van der Waals surface area contributed by atoms with Gasteiger partial charge < -0.3 is 24.6 Å². The van der Waals surface area contributed by atoms with Gasteiger partial charge in [0.15, 0.2) is 11.5 Å². The van der Waals surface area contributed by atoms with Gasteiger partial charge in [0.1, 0.15) is 12.4 Å². The van der Waals surface area contributed by atoms with Gasteiger partial charge in [-0.3, -0.25) is 9.59 Å². The first-order chi connectivity index (χ1) is 17.8. The molecule has 3 aromatic rings. The Morgan fingerprint density at radius 2 is 1.70 bits per heavy atom. The number of aryl methyl sites for hydroxylation is 1. The van der Waals surface area contributed by atoms with Gasteiger partial charge in [0.25, 0.3) is 5.91 Å². The van der Waals surface area contributed by atoms with E-state index in [1.54, 1.807) is 20.3 Å². The van der Waals surface area contributed by atoms with Crippen LogP contribution in [0.25, 0.3) is 0 Å². The van der Waals surface area contributed by atoms with Crippen molar-refractivity contribution in [1.82, 2.24) is 5.32 Å². The molecule has 1 atom stereocenters. The first kappa shape index (κ1) is 27.6. The predicted octanol–water partition coefficient (Wildman–Crippen LogP) is 5.82. The van der Waals surface area contributed by atoms with E-state index < -0.39 is 5.97 Å². The quantitative estimate of drug-likeness (QED) is 0.304. The summed E-state index contributed by atoms with van der Waals surface area (Å²) in [7, 11) is 3.16. The lowest BCUT2D eigenvalue weighted by Crippen LogP contribution is -2.31. The van der Waals surface area contributed by atoms with E-state index in [0.717, 1.165) is 16.9 Å². The van der Waals surface area contributed by atoms with Crippen LogP contribution < -0.4 is 19.5 Å². The molecule has 7 heteroatoms. The number of hydrogen-bond acceptors (Lipinski definition) is 5. The molecular formula is C30H35NO6. The normalized spacial score (nSPS) is 11.6. The average molecular weight is 506 g/mol. The summed E-state index contributed by atoms with van der Waals surface area (Å²) in [5.74, 6) is 0.986. The highest BCUT2D eigenvalue weighted by atomic mass is 16.5. The fourth-order valence-electron chi connectivity index (χ4n) is 4.23. The molecule has 2 N–H and O–H groups in total. The van der Waals surface area contributed by atoms with Gasteiger partial charge >= 0.3 is 5.97 Å². The highest BCUT2D eigenvalue weighted by molar-refractivity contribution is 5.96. The molecule has 0 spiro atoms. The lowest BCUT2D eigenvalue weighted by Gasteiger charge is -2.24. The lowest BCUT2D eigenvalue weighted by atomic mass is 9.94. The lowest BCUT2D eigenvalue weighted by molar-refractivity contribution is -0.136. The average Bonchev–Trinajstić information content (AvgIpc) is 2.90. The molecule has 7 nitrogen and oxygen atoms in total. The van der Waals surface area contributed by atoms with Crippen LogP contribution in [0.2, 0.25) is 0 Å². The molecule has 3 aromatic carbocycles. The van der Waals surface area contributed by atoms with Gasteiger partial charge in [-0.1, -0.05) is 56.3 Å². The first-order valence-corrected chi connectivity index (χ1v) is 12.4. The molecule has 37 heavy (non-hydrogen) atoms. The summed E-state index contributed by atoms with van der Waals surface area (Å²) in [6.45, 7) is 4.46. The van der Waals surface area contributed by atoms with Crippen molar-refractivity contribution >= 4 is 11.9 Å². The maximum atomic E-state index is 13.7. The van der Waals surface area contributed by atoms with Crippen LogP contribution in [0.1, 0.15) is 59.8 Å². The van der Waals surface area contributed by atoms with Gasteiger partial charge in [0.05, 0.1) is 20.3 Å². The summed E-state index contributed by atoms with van der Waals surface area (Å²) in [6, 6.07) is 20.2. The Kier molecular flexibility index (Phi) is 9.95. The number of hydrogen-bond donors (Lipinski definition) is 2. The maximum Gasteiger partial charge on any atom is 0.303 e. The van der Waals surface area contributed by atoms with Gasteiger partial charge in [-0.2, -0.15) is 0 Å². The number of ether oxygens (including phenoxy) is 3. The molecule has 0 radical (unpaired) electrons. The first-order valence-electron chi connectivity index (χ1n) is 12.4. The zero-order valence-corrected chi connectivity index (χ0v) is 21.8. The molecule has 0 heterocycles. The minimum absolute atomic E-state index is 0.0702. The van der Waals surface area contributed by atoms with Crippen LogP contribution in [0.15, 0.2) is 66.7 Å². The number of aliphatic carboxylic acids is 1. The zero-order chi connectivity index (χ0) is 26.8. The summed E-state index contributed by atoms with van der Waals surface area (Å²) < 4.78 is 17.0. The molecule has 0 aromatic heterocycles. The largest absolute Gasteiger partial charge is 0.493 e. The fourth-order valence-corrected chi connectivity index (χ4v) is 4.23. The number of amides is 1. The molecular weight excluding hydrogens is 470 g/mol. The molecule has 0 saturated heterocycles. The molecule has 0 saturated carbocycles. The number of carboxylic acid groups (broad SMARTS) is 1. The summed E-state index contributed by atoms with van der Waals surface area (Å²) >= 11 is 0. The third kappa shape index (κ3) is 7.74. The third-order valence-electron chi connectivity index (χ3n) is 6.00. The molecule has 3 rings (SSSR count). The highest BCUT2D eigenvalue weighted by Crippen LogP contribution is 2.37. The van der Waals surface area contributed by atoms with E-state index in [1.807, 2.05) is 60.7 Å². The molecule has 1 amide bonds. The standard InChI is InChI=1S/C30H35NO6/c1-20(2)17-26(24-11-8-12-27(35-3)29(24)36-4)31-30(34)25-18-21(13-14-22(25)15-16-28(32)33)19-37-23-9-6-5-7-10-23/h5-14,18,20,26H,15-17,19H2,1-4H3,(H,31,34)(H,32,33). The summed E-state index contributed by atoms with van der Waals surface area (Å²) in [4.78, 5) is 24.9. The molecule has 196 valence electrons. The van der Waals surface area contributed by atoms with E-state index >= 15 is 0 Å². The number of carbonyl (C=O) groups excluding carboxylic acids is 1. The Labute approximate surface area is 218 Å². The van der Waals surface area contributed by atoms with Gasteiger partial charge in [-0.25, -0.2) is 0 Å². The second kappa shape index (κ2) is 13.3. The summed E-state index contributed by atoms with van der Waals surface area (Å²) in [5, 5.41) is 12.4. The highest BCUT2D eigenvalue weighted by Gasteiger charge is 2.24. The number of methoxy groups -OCH3 is 2. The second-order valence-electron chi connectivity index (χ2n) is 9.23. The van der Waals surface area contributed by atoms with E-state index in [2.05, 4.69) is 19.2 Å². The van der Waals surface area contributed by atoms with Crippen LogP contribution in [0, 0.1) is 5.92 Å². The molecule has 0 aliphatic rings. The van der Waals surface area contributed by atoms with Crippen LogP contribution in [0.5, 0.6) is 17.2 Å². The molecule has 1 unspecified atom stereocenters. The minimum atomic E-state index is -0.915. The molecule has 0 bridgehead atoms. The fraction of sp³-hybridized carbons (Fsp3) is 0.333. The van der Waals surface area contributed by atoms with E-state index in [-0.39, 0.29) is 31.4 Å². The number of nitrogens with one attached hydrogen (secondary N) is 1. The summed E-state index contributed by atoms with van der Waals surface area (Å²) in [6.07, 6.45) is 0.852. The number of carboxylic acids is 1. The van der Waals surface area contributed by atoms with Crippen molar-refractivity contribution in [2.45, 2.75) is 45.8 Å². The molecule has 0 aliphatic heterocycles. The van der Waals surface area contributed by atoms with Gasteiger partial charge in [0, 0.05) is 17.5 Å². The minimum Gasteiger partial charge on any atom is -0.493 e. The Morgan fingerprint density at radius 3 is 2.35 bits per heavy atom. The SMILES string of the molecule is COc1cccc(C(CC(C)C)NC(=O)c2cc(COc3ccccc3)ccc2CCC(=O)O)c1OC. The van der Waals surface area contributed by atoms with Gasteiger partial charge in [0.2, 0.25) is 0 Å². The van der Waals surface area contributed by atoms with Crippen LogP contribution >= 0.6 is 0 Å². The molecule has 0 aliphatic carbocycles. The number of rotatable bonds is 13. The van der Waals surface area contributed by atoms with Crippen molar-refractivity contribution in [1.29, 1.82) is 0 Å². The molecule has 0 fully saturated rings. The third-order valence-corrected chi connectivity index (χ3v) is 6.00. The summed E-state index contributed by atoms with van der Waals surface area (Å²) in [5.41, 5.74) is 2.74. The Hall–Kier alpha value is -4.00. The Morgan fingerprint density at radius 1 is 0.946 bits per heavy atom. The number of para-hydroxylation sites is 2. The van der Waals surface area contributed by atoms with Crippen LogP contribution in [-0.2, 0) is 17.8 Å². The van der Waals surface area contributed by atoms with Crippen molar-refractivity contribution in [3.63, 3.8) is 0 Å². The van der Waals surface area contributed by atoms with E-state index in [1.165, 1.54) is 0 Å². The monoisotopic (exact) mass is 505 g/mol. The van der Waals surface area contributed by atoms with E-state index in [9.17, 15) is 14.7 Å². The van der Waals surface area contributed by atoms with Crippen LogP contribution in [-0.4, -0.2) is 31.2 Å². The smallest absolute Gasteiger partial charge is 0.303 e. The van der Waals surface area contributed by atoms with Crippen LogP contribution in [0.4, 0.5) is 0 Å². The van der Waals surface area contributed by atoms with Crippen molar-refractivity contribution in [3.8, 4) is 17.2 Å². The van der Waals surface area contributed by atoms with E-state index in [4.69, 9.17) is 14.2 Å². The maximum absolute atomic E-state index is 13.7. The second-order valence-corrected chi connectivity index (χ2v) is 9.23. The van der Waals surface area contributed by atoms with Crippen molar-refractivity contribution in [2.75, 3.05) is 14.2 Å². The van der Waals surface area contributed by atoms with Gasteiger partial charge in [-0.05, 0) is 54.2 Å². The number of carbonyl (C=O) groups is 2. The Bertz CT molecular complexity index is 1190. The number of benzene rings is 3. The predicted molar refractivity (Wildman–Crippen MR) is 142 cm³/mol. The van der Waals surface area contributed by atoms with Crippen molar-refractivity contribution < 1.29 is 28.9 Å². The van der Waals surface area contributed by atoms with Crippen molar-refractivity contribution in [3.05, 3.63) is 89.0 Å². The Balaban J connectivity index is 1.92. The van der Waals surface area contributed by atoms with Crippen molar-refractivity contribution in [2.24, 2.45) is 5.92 Å². The van der Waals surface area contributed by atoms with Gasteiger partial charge in [-0.15, -0.1) is 0 Å². The van der Waals surface area contributed by atoms with Crippen LogP contribution in [0.3, 0.4) is 0 Å². The van der Waals surface area contributed by atoms with E-state index in [0.29, 0.717) is 35.0 Å². The topological polar surface area (TPSA) is 94.1 Å². The zero-order valence-electron chi connectivity index (χ0n) is 21.8.